The number of hydrogen-bond acceptors (Lipinski definition) is 7. The van der Waals surface area contributed by atoms with Crippen molar-refractivity contribution in [3.8, 4) is 0 Å². The van der Waals surface area contributed by atoms with Gasteiger partial charge in [-0.3, -0.25) is 9.36 Å². The monoisotopic (exact) mass is 267 g/mol. The Morgan fingerprint density at radius 2 is 2.32 bits per heavy atom. The minimum atomic E-state index is -1.18. The quantitative estimate of drug-likeness (QED) is 0.604. The van der Waals surface area contributed by atoms with Crippen LogP contribution in [0.25, 0.3) is 0 Å². The van der Waals surface area contributed by atoms with Crippen LogP contribution < -0.4 is 11.4 Å². The predicted molar refractivity (Wildman–Crippen MR) is 61.9 cm³/mol. The topological polar surface area (TPSA) is 117 Å². The van der Waals surface area contributed by atoms with Gasteiger partial charge in [-0.25, -0.2) is 4.79 Å². The van der Waals surface area contributed by atoms with Gasteiger partial charge in [-0.2, -0.15) is 4.98 Å². The number of anilines is 1. The van der Waals surface area contributed by atoms with E-state index in [2.05, 4.69) is 4.98 Å². The van der Waals surface area contributed by atoms with Gasteiger partial charge < -0.3 is 20.3 Å². The number of fused-ring (bicyclic) bond motifs is 1. The highest BCUT2D eigenvalue weighted by Crippen LogP contribution is 2.47. The molecule has 1 aromatic heterocycles. The maximum atomic E-state index is 11.7. The van der Waals surface area contributed by atoms with Crippen molar-refractivity contribution in [1.29, 1.82) is 0 Å². The Morgan fingerprint density at radius 3 is 2.95 bits per heavy atom. The van der Waals surface area contributed by atoms with Gasteiger partial charge in [0.25, 0.3) is 0 Å². The fourth-order valence-electron chi connectivity index (χ4n) is 2.48. The molecule has 19 heavy (non-hydrogen) atoms. The first-order valence-corrected chi connectivity index (χ1v) is 5.80. The van der Waals surface area contributed by atoms with E-state index in [0.29, 0.717) is 0 Å². The molecule has 0 saturated carbocycles. The number of aromatic nitrogens is 2. The number of carbonyl (C=O) groups is 1. The maximum Gasteiger partial charge on any atom is 0.351 e. The van der Waals surface area contributed by atoms with Crippen molar-refractivity contribution in [2.45, 2.75) is 25.4 Å². The van der Waals surface area contributed by atoms with Crippen molar-refractivity contribution >= 4 is 11.8 Å². The highest BCUT2D eigenvalue weighted by molar-refractivity contribution is 5.80. The number of esters is 1. The Hall–Kier alpha value is -1.93. The molecule has 2 unspecified atom stereocenters. The molecule has 8 nitrogen and oxygen atoms in total. The van der Waals surface area contributed by atoms with E-state index in [-0.39, 0.29) is 12.4 Å². The number of nitrogens with two attached hydrogens (primary N) is 1. The van der Waals surface area contributed by atoms with E-state index >= 15 is 0 Å². The second-order valence-corrected chi connectivity index (χ2v) is 4.88. The van der Waals surface area contributed by atoms with E-state index in [4.69, 9.17) is 15.2 Å². The van der Waals surface area contributed by atoms with E-state index in [0.717, 1.165) is 4.57 Å². The molecule has 0 bridgehead atoms. The molecule has 3 N–H and O–H groups in total. The zero-order valence-electron chi connectivity index (χ0n) is 10.1. The summed E-state index contributed by atoms with van der Waals surface area (Å²) in [5, 5.41) is 10.3. The van der Waals surface area contributed by atoms with Crippen LogP contribution in [0.5, 0.6) is 0 Å². The summed E-state index contributed by atoms with van der Waals surface area (Å²) in [6.07, 6.45) is -1.35. The van der Waals surface area contributed by atoms with Crippen molar-refractivity contribution in [3.05, 3.63) is 22.7 Å². The number of rotatable bonds is 1. The average Bonchev–Trinajstić information content (AvgIpc) is 2.77. The molecule has 2 saturated heterocycles. The fourth-order valence-corrected chi connectivity index (χ4v) is 2.48. The molecule has 0 radical (unpaired) electrons. The SMILES string of the molecule is C[C@]12C(=O)OC[C@H]1OC(n1ccc(N)nc1=O)C2O. The Morgan fingerprint density at radius 1 is 1.58 bits per heavy atom. The Balaban J connectivity index is 2.01. The maximum absolute atomic E-state index is 11.7. The molecule has 1 aromatic rings. The molecule has 2 aliphatic rings. The summed E-state index contributed by atoms with van der Waals surface area (Å²) in [7, 11) is 0. The highest BCUT2D eigenvalue weighted by atomic mass is 16.6. The minimum Gasteiger partial charge on any atom is -0.462 e. The third-order valence-corrected chi connectivity index (χ3v) is 3.79. The second-order valence-electron chi connectivity index (χ2n) is 4.88. The van der Waals surface area contributed by atoms with Crippen molar-refractivity contribution in [3.63, 3.8) is 0 Å². The first-order chi connectivity index (χ1) is 8.94. The van der Waals surface area contributed by atoms with Crippen LogP contribution in [0.4, 0.5) is 5.82 Å². The Bertz CT molecular complexity index is 600. The Kier molecular flexibility index (Phi) is 2.41. The van der Waals surface area contributed by atoms with Crippen molar-refractivity contribution < 1.29 is 19.4 Å². The summed E-state index contributed by atoms with van der Waals surface area (Å²) < 4.78 is 11.6. The van der Waals surface area contributed by atoms with E-state index in [9.17, 15) is 14.7 Å². The summed E-state index contributed by atoms with van der Waals surface area (Å²) in [4.78, 5) is 27.0. The van der Waals surface area contributed by atoms with Gasteiger partial charge in [-0.1, -0.05) is 0 Å². The van der Waals surface area contributed by atoms with Gasteiger partial charge in [0.15, 0.2) is 6.23 Å². The molecule has 8 heteroatoms. The number of cyclic esters (lactones) is 1. The first-order valence-electron chi connectivity index (χ1n) is 5.80. The normalized spacial score (nSPS) is 37.2. The van der Waals surface area contributed by atoms with Gasteiger partial charge in [-0.15, -0.1) is 0 Å². The van der Waals surface area contributed by atoms with Crippen molar-refractivity contribution in [1.82, 2.24) is 9.55 Å². The van der Waals surface area contributed by atoms with Crippen LogP contribution in [-0.2, 0) is 14.3 Å². The lowest BCUT2D eigenvalue weighted by Crippen LogP contribution is -2.42. The van der Waals surface area contributed by atoms with Gasteiger partial charge in [0.1, 0.15) is 30.0 Å². The molecular weight excluding hydrogens is 254 g/mol. The number of hydrogen-bond donors (Lipinski definition) is 2. The van der Waals surface area contributed by atoms with Crippen LogP contribution in [0.15, 0.2) is 17.1 Å². The summed E-state index contributed by atoms with van der Waals surface area (Å²) in [6.45, 7) is 1.63. The summed E-state index contributed by atoms with van der Waals surface area (Å²) in [6, 6.07) is 1.42. The largest absolute Gasteiger partial charge is 0.462 e. The van der Waals surface area contributed by atoms with E-state index < -0.39 is 35.5 Å². The molecule has 3 heterocycles. The Labute approximate surface area is 107 Å². The van der Waals surface area contributed by atoms with Gasteiger partial charge in [-0.05, 0) is 13.0 Å². The van der Waals surface area contributed by atoms with Crippen molar-refractivity contribution in [2.24, 2.45) is 5.41 Å². The summed E-state index contributed by atoms with van der Waals surface area (Å²) >= 11 is 0. The minimum absolute atomic E-state index is 0.0695. The number of aliphatic hydroxyl groups excluding tert-OH is 1. The van der Waals surface area contributed by atoms with Gasteiger partial charge in [0.05, 0.1) is 0 Å². The average molecular weight is 267 g/mol. The van der Waals surface area contributed by atoms with Crippen LogP contribution >= 0.6 is 0 Å². The first kappa shape index (κ1) is 12.1. The second kappa shape index (κ2) is 3.78. The lowest BCUT2D eigenvalue weighted by molar-refractivity contribution is -0.151. The molecule has 0 amide bonds. The zero-order valence-corrected chi connectivity index (χ0v) is 10.1. The molecule has 0 aliphatic carbocycles. The molecule has 4 atom stereocenters. The molecule has 0 spiro atoms. The molecular formula is C11H13N3O5. The standard InChI is InChI=1S/C11H13N3O5/c1-11-5(4-18-9(11)16)19-8(7(11)15)14-3-2-6(12)13-10(14)17/h2-3,5,7-8,15H,4H2,1H3,(H2,12,13,17)/t5-,7?,8?,11+/m1/s1. The summed E-state index contributed by atoms with van der Waals surface area (Å²) in [5.74, 6) is -0.441. The number of nitrogen functional groups attached to an aromatic ring is 1. The number of carbonyl (C=O) groups excluding carboxylic acids is 1. The number of ether oxygens (including phenoxy) is 2. The molecule has 0 aromatic carbocycles. The summed E-state index contributed by atoms with van der Waals surface area (Å²) in [5.41, 5.74) is 3.60. The van der Waals surface area contributed by atoms with Crippen LogP contribution in [0.3, 0.4) is 0 Å². The van der Waals surface area contributed by atoms with Crippen LogP contribution in [-0.4, -0.2) is 39.4 Å². The van der Waals surface area contributed by atoms with Crippen molar-refractivity contribution in [2.75, 3.05) is 12.3 Å². The lowest BCUT2D eigenvalue weighted by atomic mass is 9.82. The zero-order chi connectivity index (χ0) is 13.8. The number of aliphatic hydroxyl groups is 1. The van der Waals surface area contributed by atoms with Gasteiger partial charge in [0.2, 0.25) is 0 Å². The smallest absolute Gasteiger partial charge is 0.351 e. The van der Waals surface area contributed by atoms with Crippen LogP contribution in [0.1, 0.15) is 13.2 Å². The van der Waals surface area contributed by atoms with E-state index in [1.165, 1.54) is 12.3 Å². The van der Waals surface area contributed by atoms with E-state index in [1.54, 1.807) is 6.92 Å². The number of nitrogens with zero attached hydrogens (tertiary/aromatic N) is 2. The third kappa shape index (κ3) is 1.50. The van der Waals surface area contributed by atoms with Gasteiger partial charge >= 0.3 is 11.7 Å². The third-order valence-electron chi connectivity index (χ3n) is 3.79. The molecule has 102 valence electrons. The van der Waals surface area contributed by atoms with Crippen LogP contribution in [0.2, 0.25) is 0 Å². The molecule has 2 fully saturated rings. The fraction of sp³-hybridized carbons (Fsp3) is 0.545. The van der Waals surface area contributed by atoms with Crippen LogP contribution in [0, 0.1) is 5.41 Å². The van der Waals surface area contributed by atoms with E-state index in [1.807, 2.05) is 0 Å². The lowest BCUT2D eigenvalue weighted by Gasteiger charge is -2.23. The molecule has 2 aliphatic heterocycles. The predicted octanol–water partition coefficient (Wildman–Crippen LogP) is -1.35. The molecule has 3 rings (SSSR count). The van der Waals surface area contributed by atoms with Gasteiger partial charge in [0, 0.05) is 6.20 Å². The highest BCUT2D eigenvalue weighted by Gasteiger charge is 2.63.